The average molecular weight is 319 g/mol. The molecule has 0 aromatic heterocycles. The Hall–Kier alpha value is -2.04. The fourth-order valence-electron chi connectivity index (χ4n) is 2.91. The van der Waals surface area contributed by atoms with Crippen molar-refractivity contribution in [1.29, 1.82) is 0 Å². The SMILES string of the molecule is O=C(O)COc1ccc(CCNC(=O)C2CCCCCC2)cc1. The number of carboxylic acids is 1. The van der Waals surface area contributed by atoms with Crippen LogP contribution in [0.2, 0.25) is 0 Å². The molecule has 1 aliphatic rings. The molecule has 0 bridgehead atoms. The molecule has 0 radical (unpaired) electrons. The van der Waals surface area contributed by atoms with Crippen LogP contribution in [0, 0.1) is 5.92 Å². The largest absolute Gasteiger partial charge is 0.482 e. The van der Waals surface area contributed by atoms with Crippen molar-refractivity contribution in [1.82, 2.24) is 5.32 Å². The smallest absolute Gasteiger partial charge is 0.341 e. The van der Waals surface area contributed by atoms with Crippen molar-refractivity contribution in [3.63, 3.8) is 0 Å². The Morgan fingerprint density at radius 3 is 2.35 bits per heavy atom. The number of aliphatic carboxylic acids is 1. The summed E-state index contributed by atoms with van der Waals surface area (Å²) >= 11 is 0. The lowest BCUT2D eigenvalue weighted by molar-refractivity contribution is -0.139. The van der Waals surface area contributed by atoms with Gasteiger partial charge in [0, 0.05) is 12.5 Å². The third kappa shape index (κ3) is 6.30. The van der Waals surface area contributed by atoms with E-state index in [4.69, 9.17) is 9.84 Å². The predicted molar refractivity (Wildman–Crippen MR) is 87.5 cm³/mol. The molecule has 1 amide bonds. The van der Waals surface area contributed by atoms with Gasteiger partial charge in [0.05, 0.1) is 0 Å². The number of hydrogen-bond acceptors (Lipinski definition) is 3. The molecular formula is C18H25NO4. The molecule has 1 fully saturated rings. The van der Waals surface area contributed by atoms with E-state index in [0.29, 0.717) is 12.3 Å². The van der Waals surface area contributed by atoms with Crippen molar-refractivity contribution in [3.05, 3.63) is 29.8 Å². The van der Waals surface area contributed by atoms with Gasteiger partial charge in [-0.25, -0.2) is 4.79 Å². The van der Waals surface area contributed by atoms with Crippen LogP contribution in [0.1, 0.15) is 44.1 Å². The highest BCUT2D eigenvalue weighted by atomic mass is 16.5. The minimum atomic E-state index is -0.990. The third-order valence-electron chi connectivity index (χ3n) is 4.22. The highest BCUT2D eigenvalue weighted by Gasteiger charge is 2.19. The van der Waals surface area contributed by atoms with Crippen molar-refractivity contribution >= 4 is 11.9 Å². The zero-order valence-corrected chi connectivity index (χ0v) is 13.4. The van der Waals surface area contributed by atoms with Crippen molar-refractivity contribution in [2.24, 2.45) is 5.92 Å². The molecule has 1 aliphatic carbocycles. The number of ether oxygens (including phenoxy) is 1. The molecular weight excluding hydrogens is 294 g/mol. The fourth-order valence-corrected chi connectivity index (χ4v) is 2.91. The summed E-state index contributed by atoms with van der Waals surface area (Å²) in [5.41, 5.74) is 1.09. The first kappa shape index (κ1) is 17.3. The summed E-state index contributed by atoms with van der Waals surface area (Å²) < 4.78 is 5.09. The van der Waals surface area contributed by atoms with Crippen LogP contribution in [-0.2, 0) is 16.0 Å². The number of carbonyl (C=O) groups excluding carboxylic acids is 1. The van der Waals surface area contributed by atoms with E-state index >= 15 is 0 Å². The molecule has 5 heteroatoms. The van der Waals surface area contributed by atoms with Gasteiger partial charge < -0.3 is 15.2 Å². The Bertz CT molecular complexity index is 504. The highest BCUT2D eigenvalue weighted by Crippen LogP contribution is 2.22. The Balaban J connectivity index is 1.70. The van der Waals surface area contributed by atoms with Gasteiger partial charge in [0.25, 0.3) is 0 Å². The first-order valence-corrected chi connectivity index (χ1v) is 8.36. The van der Waals surface area contributed by atoms with Gasteiger partial charge in [0.2, 0.25) is 5.91 Å². The van der Waals surface area contributed by atoms with Crippen molar-refractivity contribution < 1.29 is 19.4 Å². The number of carbonyl (C=O) groups is 2. The molecule has 0 aliphatic heterocycles. The Kier molecular flexibility index (Phi) is 6.91. The summed E-state index contributed by atoms with van der Waals surface area (Å²) in [7, 11) is 0. The number of rotatable bonds is 7. The number of nitrogens with one attached hydrogen (secondary N) is 1. The molecule has 2 N–H and O–H groups in total. The zero-order chi connectivity index (χ0) is 16.5. The molecule has 0 saturated heterocycles. The van der Waals surface area contributed by atoms with E-state index in [0.717, 1.165) is 37.7 Å². The molecule has 0 unspecified atom stereocenters. The molecule has 2 rings (SSSR count). The highest BCUT2D eigenvalue weighted by molar-refractivity contribution is 5.78. The lowest BCUT2D eigenvalue weighted by atomic mass is 9.99. The van der Waals surface area contributed by atoms with Crippen LogP contribution in [0.5, 0.6) is 5.75 Å². The summed E-state index contributed by atoms with van der Waals surface area (Å²) in [6.07, 6.45) is 7.62. The lowest BCUT2D eigenvalue weighted by Gasteiger charge is -2.14. The number of carboxylic acid groups (broad SMARTS) is 1. The van der Waals surface area contributed by atoms with E-state index in [1.165, 1.54) is 12.8 Å². The van der Waals surface area contributed by atoms with E-state index < -0.39 is 5.97 Å². The second kappa shape index (κ2) is 9.18. The van der Waals surface area contributed by atoms with Gasteiger partial charge in [-0.2, -0.15) is 0 Å². The molecule has 1 saturated carbocycles. The lowest BCUT2D eigenvalue weighted by Crippen LogP contribution is -2.32. The van der Waals surface area contributed by atoms with E-state index in [9.17, 15) is 9.59 Å². The van der Waals surface area contributed by atoms with Crippen LogP contribution in [0.4, 0.5) is 0 Å². The molecule has 126 valence electrons. The van der Waals surface area contributed by atoms with Crippen LogP contribution in [0.3, 0.4) is 0 Å². The second-order valence-electron chi connectivity index (χ2n) is 6.06. The maximum absolute atomic E-state index is 12.2. The van der Waals surface area contributed by atoms with Gasteiger partial charge in [-0.05, 0) is 37.0 Å². The molecule has 23 heavy (non-hydrogen) atoms. The Morgan fingerprint density at radius 1 is 1.09 bits per heavy atom. The van der Waals surface area contributed by atoms with E-state index in [2.05, 4.69) is 5.32 Å². The molecule has 1 aromatic carbocycles. The van der Waals surface area contributed by atoms with Gasteiger partial charge in [-0.3, -0.25) is 4.79 Å². The first-order valence-electron chi connectivity index (χ1n) is 8.36. The van der Waals surface area contributed by atoms with Gasteiger partial charge in [0.1, 0.15) is 5.75 Å². The van der Waals surface area contributed by atoms with Gasteiger partial charge >= 0.3 is 5.97 Å². The summed E-state index contributed by atoms with van der Waals surface area (Å²) in [6.45, 7) is 0.293. The predicted octanol–water partition coefficient (Wildman–Crippen LogP) is 2.78. The second-order valence-corrected chi connectivity index (χ2v) is 6.06. The summed E-state index contributed by atoms with van der Waals surface area (Å²) in [6, 6.07) is 7.31. The van der Waals surface area contributed by atoms with Gasteiger partial charge in [-0.1, -0.05) is 37.8 Å². The monoisotopic (exact) mass is 319 g/mol. The average Bonchev–Trinajstić information content (AvgIpc) is 2.83. The van der Waals surface area contributed by atoms with E-state index in [1.807, 2.05) is 12.1 Å². The van der Waals surface area contributed by atoms with Crippen molar-refractivity contribution in [2.45, 2.75) is 44.9 Å². The molecule has 0 heterocycles. The fraction of sp³-hybridized carbons (Fsp3) is 0.556. The maximum atomic E-state index is 12.2. The number of amides is 1. The maximum Gasteiger partial charge on any atom is 0.341 e. The van der Waals surface area contributed by atoms with Crippen molar-refractivity contribution in [3.8, 4) is 5.75 Å². The normalized spacial score (nSPS) is 15.7. The summed E-state index contributed by atoms with van der Waals surface area (Å²) in [5.74, 6) is -0.0773. The first-order chi connectivity index (χ1) is 11.1. The third-order valence-corrected chi connectivity index (χ3v) is 4.22. The zero-order valence-electron chi connectivity index (χ0n) is 13.4. The van der Waals surface area contributed by atoms with Crippen LogP contribution in [0.15, 0.2) is 24.3 Å². The minimum absolute atomic E-state index is 0.185. The minimum Gasteiger partial charge on any atom is -0.482 e. The van der Waals surface area contributed by atoms with E-state index in [1.54, 1.807) is 12.1 Å². The van der Waals surface area contributed by atoms with Crippen LogP contribution in [0.25, 0.3) is 0 Å². The topological polar surface area (TPSA) is 75.6 Å². The van der Waals surface area contributed by atoms with Gasteiger partial charge in [0.15, 0.2) is 6.61 Å². The van der Waals surface area contributed by atoms with Crippen LogP contribution in [-0.4, -0.2) is 30.1 Å². The quantitative estimate of drug-likeness (QED) is 0.758. The van der Waals surface area contributed by atoms with Crippen LogP contribution >= 0.6 is 0 Å². The van der Waals surface area contributed by atoms with E-state index in [-0.39, 0.29) is 18.4 Å². The Morgan fingerprint density at radius 2 is 1.74 bits per heavy atom. The van der Waals surface area contributed by atoms with Crippen molar-refractivity contribution in [2.75, 3.05) is 13.2 Å². The molecule has 0 atom stereocenters. The number of benzene rings is 1. The standard InChI is InChI=1S/C18H25NO4/c20-17(21)13-23-16-9-7-14(8-10-16)11-12-19-18(22)15-5-3-1-2-4-6-15/h7-10,15H,1-6,11-13H2,(H,19,22)(H,20,21). The summed E-state index contributed by atoms with van der Waals surface area (Å²) in [5, 5.41) is 11.6. The Labute approximate surface area is 137 Å². The summed E-state index contributed by atoms with van der Waals surface area (Å²) in [4.78, 5) is 22.6. The molecule has 1 aromatic rings. The molecule has 5 nitrogen and oxygen atoms in total. The molecule has 0 spiro atoms. The number of hydrogen-bond donors (Lipinski definition) is 2. The van der Waals surface area contributed by atoms with Gasteiger partial charge in [-0.15, -0.1) is 0 Å². The van der Waals surface area contributed by atoms with Crippen LogP contribution < -0.4 is 10.1 Å².